The van der Waals surface area contributed by atoms with Gasteiger partial charge in [0.25, 0.3) is 0 Å². The summed E-state index contributed by atoms with van der Waals surface area (Å²) in [5.74, 6) is 0.100. The highest BCUT2D eigenvalue weighted by atomic mass is 16.4. The lowest BCUT2D eigenvalue weighted by Gasteiger charge is -2.14. The van der Waals surface area contributed by atoms with Crippen LogP contribution < -0.4 is 5.63 Å². The van der Waals surface area contributed by atoms with Crippen molar-refractivity contribution < 1.29 is 14.6 Å². The first-order chi connectivity index (χ1) is 8.13. The molecule has 2 N–H and O–H groups in total. The fourth-order valence-corrected chi connectivity index (χ4v) is 1.71. The molecule has 0 fully saturated rings. The Bertz CT molecular complexity index is 573. The van der Waals surface area contributed by atoms with E-state index in [-0.39, 0.29) is 5.76 Å². The summed E-state index contributed by atoms with van der Waals surface area (Å²) in [4.78, 5) is 11.7. The van der Waals surface area contributed by atoms with Gasteiger partial charge in [-0.25, -0.2) is 4.79 Å². The highest BCUT2D eigenvalue weighted by molar-refractivity contribution is 5.81. The summed E-state index contributed by atoms with van der Waals surface area (Å²) in [6.07, 6.45) is -1.71. The van der Waals surface area contributed by atoms with Gasteiger partial charge in [-0.05, 0) is 23.9 Å². The normalized spacial score (nSPS) is 14.8. The van der Waals surface area contributed by atoms with Gasteiger partial charge in [-0.15, -0.1) is 0 Å². The van der Waals surface area contributed by atoms with Crippen LogP contribution in [0.25, 0.3) is 10.8 Å². The van der Waals surface area contributed by atoms with E-state index in [4.69, 9.17) is 4.42 Å². The van der Waals surface area contributed by atoms with Gasteiger partial charge in [0, 0.05) is 0 Å². The zero-order valence-corrected chi connectivity index (χ0v) is 9.46. The predicted octanol–water partition coefficient (Wildman–Crippen LogP) is 1.60. The van der Waals surface area contributed by atoms with Crippen LogP contribution in [-0.4, -0.2) is 16.3 Å². The molecule has 0 aliphatic carbocycles. The highest BCUT2D eigenvalue weighted by Gasteiger charge is 2.20. The van der Waals surface area contributed by atoms with Gasteiger partial charge in [-0.2, -0.15) is 0 Å². The lowest BCUT2D eigenvalue weighted by molar-refractivity contribution is 0.00231. The van der Waals surface area contributed by atoms with Gasteiger partial charge in [-0.1, -0.05) is 25.1 Å². The van der Waals surface area contributed by atoms with E-state index in [1.54, 1.807) is 37.3 Å². The Hall–Kier alpha value is -1.65. The zero-order chi connectivity index (χ0) is 12.4. The molecule has 0 saturated heterocycles. The summed E-state index contributed by atoms with van der Waals surface area (Å²) >= 11 is 0. The van der Waals surface area contributed by atoms with Crippen LogP contribution >= 0.6 is 0 Å². The molecule has 0 amide bonds. The summed E-state index contributed by atoms with van der Waals surface area (Å²) in [5.41, 5.74) is -0.500. The van der Waals surface area contributed by atoms with Crippen LogP contribution in [0, 0.1) is 0 Å². The molecule has 0 spiro atoms. The molecule has 4 nitrogen and oxygen atoms in total. The Morgan fingerprint density at radius 3 is 2.71 bits per heavy atom. The Balaban J connectivity index is 2.54. The molecule has 0 aliphatic heterocycles. The number of hydrogen-bond acceptors (Lipinski definition) is 4. The topological polar surface area (TPSA) is 70.7 Å². The Morgan fingerprint density at radius 1 is 1.29 bits per heavy atom. The first-order valence-electron chi connectivity index (χ1n) is 5.52. The third kappa shape index (κ3) is 2.23. The van der Waals surface area contributed by atoms with Crippen molar-refractivity contribution in [2.45, 2.75) is 25.6 Å². The zero-order valence-electron chi connectivity index (χ0n) is 9.46. The summed E-state index contributed by atoms with van der Waals surface area (Å²) in [7, 11) is 0. The number of fused-ring (bicyclic) bond motifs is 1. The largest absolute Gasteiger partial charge is 0.425 e. The summed E-state index contributed by atoms with van der Waals surface area (Å²) in [6.45, 7) is 1.74. The molecule has 0 saturated carbocycles. The second kappa shape index (κ2) is 4.69. The molecule has 1 aromatic carbocycles. The van der Waals surface area contributed by atoms with Crippen LogP contribution in [0.3, 0.4) is 0 Å². The predicted molar refractivity (Wildman–Crippen MR) is 63.7 cm³/mol. The molecule has 2 atom stereocenters. The van der Waals surface area contributed by atoms with Crippen molar-refractivity contribution in [2.24, 2.45) is 0 Å². The molecular formula is C13H14O4. The number of aliphatic hydroxyl groups is 2. The van der Waals surface area contributed by atoms with E-state index in [1.165, 1.54) is 0 Å². The van der Waals surface area contributed by atoms with E-state index in [9.17, 15) is 15.0 Å². The van der Waals surface area contributed by atoms with Crippen LogP contribution in [-0.2, 0) is 0 Å². The third-order valence-corrected chi connectivity index (χ3v) is 2.76. The molecule has 0 bridgehead atoms. The maximum absolute atomic E-state index is 11.7. The van der Waals surface area contributed by atoms with Crippen molar-refractivity contribution in [3.05, 3.63) is 46.5 Å². The minimum absolute atomic E-state index is 0.100. The number of benzene rings is 1. The minimum atomic E-state index is -1.17. The quantitative estimate of drug-likeness (QED) is 0.846. The van der Waals surface area contributed by atoms with E-state index >= 15 is 0 Å². The fourth-order valence-electron chi connectivity index (χ4n) is 1.71. The third-order valence-electron chi connectivity index (χ3n) is 2.76. The fraction of sp³-hybridized carbons (Fsp3) is 0.308. The Labute approximate surface area is 98.1 Å². The molecular weight excluding hydrogens is 220 g/mol. The smallest absolute Gasteiger partial charge is 0.343 e. The number of hydrogen-bond donors (Lipinski definition) is 2. The maximum atomic E-state index is 11.7. The molecule has 1 heterocycles. The first kappa shape index (κ1) is 11.8. The van der Waals surface area contributed by atoms with Gasteiger partial charge in [0.2, 0.25) is 0 Å². The van der Waals surface area contributed by atoms with Gasteiger partial charge >= 0.3 is 5.63 Å². The molecule has 1 aromatic heterocycles. The molecule has 0 unspecified atom stereocenters. The van der Waals surface area contributed by atoms with Crippen molar-refractivity contribution in [1.29, 1.82) is 0 Å². The molecule has 2 rings (SSSR count). The highest BCUT2D eigenvalue weighted by Crippen LogP contribution is 2.21. The molecule has 0 radical (unpaired) electrons. The average Bonchev–Trinajstić information content (AvgIpc) is 2.37. The van der Waals surface area contributed by atoms with E-state index in [0.29, 0.717) is 17.2 Å². The van der Waals surface area contributed by atoms with Gasteiger partial charge in [-0.3, -0.25) is 0 Å². The second-order valence-electron chi connectivity index (χ2n) is 3.94. The van der Waals surface area contributed by atoms with Gasteiger partial charge < -0.3 is 14.6 Å². The van der Waals surface area contributed by atoms with Crippen LogP contribution in [0.1, 0.15) is 25.2 Å². The Kier molecular flexibility index (Phi) is 3.26. The van der Waals surface area contributed by atoms with E-state index in [1.807, 2.05) is 0 Å². The molecule has 4 heteroatoms. The number of aliphatic hydroxyl groups excluding tert-OH is 2. The van der Waals surface area contributed by atoms with Crippen LogP contribution in [0.15, 0.2) is 39.5 Å². The summed E-state index contributed by atoms with van der Waals surface area (Å²) in [5, 5.41) is 20.5. The van der Waals surface area contributed by atoms with Gasteiger partial charge in [0.05, 0.1) is 11.5 Å². The van der Waals surface area contributed by atoms with Crippen molar-refractivity contribution in [3.63, 3.8) is 0 Å². The SMILES string of the molecule is CC[C@@H](O)[C@@H](O)c1cc2ccccc2c(=O)o1. The first-order valence-corrected chi connectivity index (χ1v) is 5.52. The Morgan fingerprint density at radius 2 is 2.00 bits per heavy atom. The lowest BCUT2D eigenvalue weighted by atomic mass is 10.1. The molecule has 2 aromatic rings. The average molecular weight is 234 g/mol. The van der Waals surface area contributed by atoms with E-state index in [2.05, 4.69) is 0 Å². The van der Waals surface area contributed by atoms with Crippen molar-refractivity contribution in [1.82, 2.24) is 0 Å². The number of rotatable bonds is 3. The van der Waals surface area contributed by atoms with Crippen molar-refractivity contribution in [2.75, 3.05) is 0 Å². The summed E-state index contributed by atoms with van der Waals surface area (Å²) in [6, 6.07) is 8.55. The monoisotopic (exact) mass is 234 g/mol. The van der Waals surface area contributed by atoms with Crippen LogP contribution in [0.5, 0.6) is 0 Å². The van der Waals surface area contributed by atoms with E-state index < -0.39 is 17.8 Å². The summed E-state index contributed by atoms with van der Waals surface area (Å²) < 4.78 is 5.01. The second-order valence-corrected chi connectivity index (χ2v) is 3.94. The maximum Gasteiger partial charge on any atom is 0.343 e. The van der Waals surface area contributed by atoms with Crippen molar-refractivity contribution in [3.8, 4) is 0 Å². The van der Waals surface area contributed by atoms with Gasteiger partial charge in [0.15, 0.2) is 0 Å². The minimum Gasteiger partial charge on any atom is -0.425 e. The molecule has 0 aliphatic rings. The van der Waals surface area contributed by atoms with E-state index in [0.717, 1.165) is 0 Å². The molecule has 90 valence electrons. The lowest BCUT2D eigenvalue weighted by Crippen LogP contribution is -2.18. The van der Waals surface area contributed by atoms with Crippen molar-refractivity contribution >= 4 is 10.8 Å². The molecule has 17 heavy (non-hydrogen) atoms. The van der Waals surface area contributed by atoms with Crippen LogP contribution in [0.2, 0.25) is 0 Å². The van der Waals surface area contributed by atoms with Crippen LogP contribution in [0.4, 0.5) is 0 Å². The standard InChI is InChI=1S/C13H14O4/c1-2-10(14)12(15)11-7-8-5-3-4-6-9(8)13(16)17-11/h3-7,10,12,14-15H,2H2,1H3/t10-,12-/m1/s1. The van der Waals surface area contributed by atoms with Gasteiger partial charge in [0.1, 0.15) is 11.9 Å².